The van der Waals surface area contributed by atoms with Crippen molar-refractivity contribution in [1.82, 2.24) is 24.6 Å². The molecule has 138 valence electrons. The van der Waals surface area contributed by atoms with Crippen LogP contribution in [0.25, 0.3) is 5.95 Å². The molecular weight excluding hydrogens is 364 g/mol. The molecule has 3 aromatic heterocycles. The summed E-state index contributed by atoms with van der Waals surface area (Å²) in [5.74, 6) is 0.218. The minimum absolute atomic E-state index is 0.0107. The molecule has 1 N–H and O–H groups in total. The summed E-state index contributed by atoms with van der Waals surface area (Å²) >= 11 is 1.55. The van der Waals surface area contributed by atoms with Gasteiger partial charge in [0, 0.05) is 23.8 Å². The van der Waals surface area contributed by atoms with Crippen molar-refractivity contribution in [2.45, 2.75) is 25.3 Å². The molecule has 0 aromatic carbocycles. The number of nitrogens with zero attached hydrogens (tertiary/aromatic N) is 5. The van der Waals surface area contributed by atoms with Crippen LogP contribution in [-0.4, -0.2) is 49.0 Å². The topological polar surface area (TPSA) is 93.0 Å². The minimum Gasteiger partial charge on any atom is -0.330 e. The van der Waals surface area contributed by atoms with Gasteiger partial charge in [-0.15, -0.1) is 11.3 Å². The van der Waals surface area contributed by atoms with Crippen molar-refractivity contribution in [3.63, 3.8) is 0 Å². The Bertz CT molecular complexity index is 925. The van der Waals surface area contributed by atoms with Crippen LogP contribution in [0.2, 0.25) is 0 Å². The Morgan fingerprint density at radius 2 is 2.11 bits per heavy atom. The van der Waals surface area contributed by atoms with Crippen LogP contribution in [0.5, 0.6) is 0 Å². The molecule has 0 spiro atoms. The van der Waals surface area contributed by atoms with E-state index in [1.165, 1.54) is 4.68 Å². The van der Waals surface area contributed by atoms with Gasteiger partial charge in [-0.3, -0.25) is 9.59 Å². The fourth-order valence-electron chi connectivity index (χ4n) is 3.13. The maximum Gasteiger partial charge on any atom is 0.250 e. The summed E-state index contributed by atoms with van der Waals surface area (Å²) in [4.78, 5) is 36.2. The molecule has 4 rings (SSSR count). The van der Waals surface area contributed by atoms with Crippen LogP contribution >= 0.6 is 11.3 Å². The molecule has 8 nitrogen and oxygen atoms in total. The Morgan fingerprint density at radius 1 is 1.26 bits per heavy atom. The van der Waals surface area contributed by atoms with E-state index in [0.717, 1.165) is 11.3 Å². The highest BCUT2D eigenvalue weighted by Gasteiger charge is 2.34. The second kappa shape index (κ2) is 7.67. The lowest BCUT2D eigenvalue weighted by molar-refractivity contribution is -0.136. The maximum absolute atomic E-state index is 12.7. The summed E-state index contributed by atoms with van der Waals surface area (Å²) in [5, 5.41) is 8.97. The van der Waals surface area contributed by atoms with Gasteiger partial charge in [0.2, 0.25) is 17.8 Å². The van der Waals surface area contributed by atoms with E-state index in [4.69, 9.17) is 0 Å². The largest absolute Gasteiger partial charge is 0.330 e. The number of carbonyl (C=O) groups excluding carboxylic acids is 2. The Kier molecular flexibility index (Phi) is 4.93. The van der Waals surface area contributed by atoms with Gasteiger partial charge < -0.3 is 10.2 Å². The Labute approximate surface area is 159 Å². The number of amides is 2. The second-order valence-corrected chi connectivity index (χ2v) is 7.25. The van der Waals surface area contributed by atoms with Crippen LogP contribution in [-0.2, 0) is 16.0 Å². The van der Waals surface area contributed by atoms with E-state index in [2.05, 4.69) is 20.4 Å². The van der Waals surface area contributed by atoms with Crippen molar-refractivity contribution < 1.29 is 9.59 Å². The van der Waals surface area contributed by atoms with E-state index in [1.54, 1.807) is 47.1 Å². The number of likely N-dealkylation sites (tertiary alicyclic amines) is 1. The number of carbonyl (C=O) groups is 2. The highest BCUT2D eigenvalue weighted by Crippen LogP contribution is 2.21. The van der Waals surface area contributed by atoms with Crippen molar-refractivity contribution in [3.8, 4) is 5.95 Å². The van der Waals surface area contributed by atoms with Crippen LogP contribution in [0.15, 0.2) is 48.4 Å². The monoisotopic (exact) mass is 382 g/mol. The van der Waals surface area contributed by atoms with E-state index in [-0.39, 0.29) is 11.8 Å². The zero-order valence-corrected chi connectivity index (χ0v) is 15.3. The van der Waals surface area contributed by atoms with Crippen LogP contribution in [0.3, 0.4) is 0 Å². The predicted octanol–water partition coefficient (Wildman–Crippen LogP) is 1.90. The molecule has 0 saturated carbocycles. The van der Waals surface area contributed by atoms with Gasteiger partial charge in [0.05, 0.1) is 24.5 Å². The highest BCUT2D eigenvalue weighted by molar-refractivity contribution is 7.10. The first-order valence-corrected chi connectivity index (χ1v) is 9.53. The number of nitrogens with one attached hydrogen (secondary N) is 1. The van der Waals surface area contributed by atoms with Gasteiger partial charge in [-0.25, -0.2) is 14.6 Å². The summed E-state index contributed by atoms with van der Waals surface area (Å²) in [5.41, 5.74) is 0.546. The normalized spacial score (nSPS) is 16.4. The van der Waals surface area contributed by atoms with Crippen LogP contribution in [0, 0.1) is 0 Å². The fraction of sp³-hybridized carbons (Fsp3) is 0.278. The number of aromatic nitrogens is 4. The SMILES string of the molecule is O=C(Nc1cnn(-c2ncccn2)c1)C1CCCN1C(=O)Cc1cccs1. The van der Waals surface area contributed by atoms with Crippen LogP contribution in [0.1, 0.15) is 17.7 Å². The summed E-state index contributed by atoms with van der Waals surface area (Å²) in [6.07, 6.45) is 8.27. The minimum atomic E-state index is -0.450. The first-order chi connectivity index (χ1) is 13.2. The molecule has 0 radical (unpaired) electrons. The van der Waals surface area contributed by atoms with E-state index in [1.807, 2.05) is 17.5 Å². The lowest BCUT2D eigenvalue weighted by Gasteiger charge is -2.23. The molecule has 1 atom stereocenters. The maximum atomic E-state index is 12.7. The second-order valence-electron chi connectivity index (χ2n) is 6.21. The van der Waals surface area contributed by atoms with Gasteiger partial charge in [-0.1, -0.05) is 6.07 Å². The fourth-order valence-corrected chi connectivity index (χ4v) is 3.83. The number of thiophene rings is 1. The molecule has 1 aliphatic rings. The molecule has 3 aromatic rings. The third-order valence-corrected chi connectivity index (χ3v) is 5.26. The predicted molar refractivity (Wildman–Crippen MR) is 101 cm³/mol. The molecular formula is C18H18N6O2S. The lowest BCUT2D eigenvalue weighted by Crippen LogP contribution is -2.43. The Hall–Kier alpha value is -3.07. The summed E-state index contributed by atoms with van der Waals surface area (Å²) in [7, 11) is 0. The zero-order valence-electron chi connectivity index (χ0n) is 14.5. The smallest absolute Gasteiger partial charge is 0.250 e. The standard InChI is InChI=1S/C18H18N6O2S/c25-16(10-14-4-2-9-27-14)23-8-1-5-15(23)17(26)22-13-11-21-24(12-13)18-19-6-3-7-20-18/h2-4,6-7,9,11-12,15H,1,5,8,10H2,(H,22,26). The average molecular weight is 382 g/mol. The van der Waals surface area contributed by atoms with Gasteiger partial charge in [0.25, 0.3) is 0 Å². The number of anilines is 1. The van der Waals surface area contributed by atoms with Gasteiger partial charge in [-0.2, -0.15) is 5.10 Å². The van der Waals surface area contributed by atoms with Gasteiger partial charge in [-0.05, 0) is 30.4 Å². The van der Waals surface area contributed by atoms with Crippen molar-refractivity contribution in [3.05, 3.63) is 53.2 Å². The molecule has 0 aliphatic carbocycles. The van der Waals surface area contributed by atoms with Crippen LogP contribution < -0.4 is 5.32 Å². The van der Waals surface area contributed by atoms with Crippen molar-refractivity contribution in [2.75, 3.05) is 11.9 Å². The van der Waals surface area contributed by atoms with Crippen molar-refractivity contribution >= 4 is 28.8 Å². The molecule has 0 bridgehead atoms. The van der Waals surface area contributed by atoms with E-state index < -0.39 is 6.04 Å². The molecule has 1 aliphatic heterocycles. The zero-order chi connectivity index (χ0) is 18.6. The van der Waals surface area contributed by atoms with Crippen LogP contribution in [0.4, 0.5) is 5.69 Å². The third-order valence-electron chi connectivity index (χ3n) is 4.39. The summed E-state index contributed by atoms with van der Waals surface area (Å²) in [6, 6.07) is 5.13. The lowest BCUT2D eigenvalue weighted by atomic mass is 10.2. The highest BCUT2D eigenvalue weighted by atomic mass is 32.1. The molecule has 27 heavy (non-hydrogen) atoms. The number of rotatable bonds is 5. The molecule has 1 unspecified atom stereocenters. The molecule has 1 fully saturated rings. The molecule has 9 heteroatoms. The third kappa shape index (κ3) is 3.87. The first kappa shape index (κ1) is 17.3. The van der Waals surface area contributed by atoms with E-state index in [0.29, 0.717) is 31.0 Å². The van der Waals surface area contributed by atoms with Gasteiger partial charge in [0.15, 0.2) is 0 Å². The van der Waals surface area contributed by atoms with Gasteiger partial charge >= 0.3 is 0 Å². The first-order valence-electron chi connectivity index (χ1n) is 8.65. The van der Waals surface area contributed by atoms with Crippen molar-refractivity contribution in [1.29, 1.82) is 0 Å². The Morgan fingerprint density at radius 3 is 2.89 bits per heavy atom. The van der Waals surface area contributed by atoms with Crippen molar-refractivity contribution in [2.24, 2.45) is 0 Å². The average Bonchev–Trinajstić information content (AvgIpc) is 3.44. The molecule has 2 amide bonds. The quantitative estimate of drug-likeness (QED) is 0.727. The summed E-state index contributed by atoms with van der Waals surface area (Å²) in [6.45, 7) is 0.611. The van der Waals surface area contributed by atoms with E-state index >= 15 is 0 Å². The number of hydrogen-bond acceptors (Lipinski definition) is 6. The summed E-state index contributed by atoms with van der Waals surface area (Å²) < 4.78 is 1.49. The number of hydrogen-bond donors (Lipinski definition) is 1. The molecule has 1 saturated heterocycles. The Balaban J connectivity index is 1.41. The van der Waals surface area contributed by atoms with Gasteiger partial charge in [0.1, 0.15) is 6.04 Å². The van der Waals surface area contributed by atoms with E-state index in [9.17, 15) is 9.59 Å². The molecule has 4 heterocycles.